The van der Waals surface area contributed by atoms with Crippen molar-refractivity contribution in [2.24, 2.45) is 0 Å². The van der Waals surface area contributed by atoms with Gasteiger partial charge in [0.05, 0.1) is 13.5 Å². The van der Waals surface area contributed by atoms with Crippen LogP contribution in [0.5, 0.6) is 5.75 Å². The fourth-order valence-electron chi connectivity index (χ4n) is 1.54. The molecule has 0 spiro atoms. The molecule has 0 N–H and O–H groups in total. The van der Waals surface area contributed by atoms with Gasteiger partial charge in [-0.25, -0.2) is 0 Å². The van der Waals surface area contributed by atoms with Crippen LogP contribution in [0.15, 0.2) is 30.2 Å². The summed E-state index contributed by atoms with van der Waals surface area (Å²) in [5.74, 6) is -0.0352. The van der Waals surface area contributed by atoms with Gasteiger partial charge >= 0.3 is 0 Å². The SMILES string of the molecule is [2H]c1c([2H])c([2H])c(OCCCCCCCCC)c([2H])c1[2H]. The van der Waals surface area contributed by atoms with Crippen LogP contribution in [0.2, 0.25) is 0 Å². The molecule has 1 heteroatoms. The van der Waals surface area contributed by atoms with Crippen LogP contribution in [0.4, 0.5) is 0 Å². The Balaban J connectivity index is 2.43. The maximum atomic E-state index is 7.73. The van der Waals surface area contributed by atoms with Gasteiger partial charge in [-0.3, -0.25) is 0 Å². The summed E-state index contributed by atoms with van der Waals surface area (Å²) in [4.78, 5) is 0. The van der Waals surface area contributed by atoms with Crippen molar-refractivity contribution in [3.63, 3.8) is 0 Å². The molecule has 1 rings (SSSR count). The average molecular weight is 225 g/mol. The molecular formula is C15H24O. The zero-order valence-electron chi connectivity index (χ0n) is 15.1. The van der Waals surface area contributed by atoms with Crippen LogP contribution < -0.4 is 4.74 Å². The molecule has 0 aromatic heterocycles. The molecule has 0 aliphatic carbocycles. The molecule has 0 fully saturated rings. The maximum absolute atomic E-state index is 7.73. The van der Waals surface area contributed by atoms with E-state index >= 15 is 0 Å². The lowest BCUT2D eigenvalue weighted by atomic mass is 10.1. The van der Waals surface area contributed by atoms with Crippen LogP contribution in [-0.2, 0) is 0 Å². The van der Waals surface area contributed by atoms with Crippen molar-refractivity contribution in [2.45, 2.75) is 51.9 Å². The van der Waals surface area contributed by atoms with Gasteiger partial charge in [0, 0.05) is 0 Å². The predicted molar refractivity (Wildman–Crippen MR) is 69.9 cm³/mol. The van der Waals surface area contributed by atoms with Crippen molar-refractivity contribution in [2.75, 3.05) is 6.61 Å². The van der Waals surface area contributed by atoms with E-state index in [-0.39, 0.29) is 36.0 Å². The van der Waals surface area contributed by atoms with E-state index in [1.54, 1.807) is 0 Å². The van der Waals surface area contributed by atoms with Crippen LogP contribution >= 0.6 is 0 Å². The number of ether oxygens (including phenoxy) is 1. The van der Waals surface area contributed by atoms with Gasteiger partial charge in [-0.1, -0.05) is 63.6 Å². The van der Waals surface area contributed by atoms with Crippen molar-refractivity contribution >= 4 is 0 Å². The number of benzene rings is 1. The number of rotatable bonds is 9. The monoisotopic (exact) mass is 225 g/mol. The van der Waals surface area contributed by atoms with Gasteiger partial charge in [0.1, 0.15) is 5.75 Å². The molecule has 0 unspecified atom stereocenters. The quantitative estimate of drug-likeness (QED) is 0.548. The Morgan fingerprint density at radius 3 is 2.25 bits per heavy atom. The summed E-state index contributed by atoms with van der Waals surface area (Å²) >= 11 is 0. The van der Waals surface area contributed by atoms with E-state index in [1.165, 1.54) is 25.7 Å². The molecule has 0 bridgehead atoms. The second-order valence-electron chi connectivity index (χ2n) is 3.92. The number of para-hydroxylation sites is 1. The summed E-state index contributed by atoms with van der Waals surface area (Å²) in [7, 11) is 0. The molecule has 1 aromatic carbocycles. The zero-order chi connectivity index (χ0) is 15.8. The second kappa shape index (κ2) is 9.26. The number of unbranched alkanes of at least 4 members (excludes halogenated alkanes) is 6. The summed E-state index contributed by atoms with van der Waals surface area (Å²) in [5.41, 5.74) is 0. The largest absolute Gasteiger partial charge is 0.494 e. The van der Waals surface area contributed by atoms with Crippen molar-refractivity contribution in [1.29, 1.82) is 0 Å². The molecule has 0 heterocycles. The van der Waals surface area contributed by atoms with Crippen LogP contribution in [0.25, 0.3) is 0 Å². The van der Waals surface area contributed by atoms with Crippen LogP contribution in [-0.4, -0.2) is 6.61 Å². The van der Waals surface area contributed by atoms with Gasteiger partial charge in [0.25, 0.3) is 0 Å². The van der Waals surface area contributed by atoms with Crippen LogP contribution in [0.3, 0.4) is 0 Å². The lowest BCUT2D eigenvalue weighted by molar-refractivity contribution is 0.304. The highest BCUT2D eigenvalue weighted by Gasteiger charge is 1.93. The second-order valence-corrected chi connectivity index (χ2v) is 3.92. The first-order valence-electron chi connectivity index (χ1n) is 8.70. The van der Waals surface area contributed by atoms with E-state index in [0.717, 1.165) is 19.3 Å². The third-order valence-corrected chi connectivity index (χ3v) is 2.47. The van der Waals surface area contributed by atoms with Crippen molar-refractivity contribution in [1.82, 2.24) is 0 Å². The maximum Gasteiger partial charge on any atom is 0.119 e. The molecule has 1 nitrogen and oxygen atoms in total. The summed E-state index contributed by atoms with van der Waals surface area (Å²) in [6.45, 7) is 2.58. The molecule has 0 saturated carbocycles. The molecule has 0 radical (unpaired) electrons. The lowest BCUT2D eigenvalue weighted by Gasteiger charge is -2.05. The Kier molecular flexibility index (Phi) is 4.26. The standard InChI is InChI=1S/C15H24O/c1-2-3-4-5-6-7-11-14-16-15-12-9-8-10-13-15/h8-10,12-13H,2-7,11,14H2,1H3/i8D,9D,10D,12D,13D. The van der Waals surface area contributed by atoms with Crippen LogP contribution in [0.1, 0.15) is 58.7 Å². The number of hydrogen-bond donors (Lipinski definition) is 0. The highest BCUT2D eigenvalue weighted by atomic mass is 16.5. The molecule has 16 heavy (non-hydrogen) atoms. The molecule has 0 aliphatic heterocycles. The van der Waals surface area contributed by atoms with Crippen molar-refractivity contribution in [3.05, 3.63) is 30.2 Å². The molecular weight excluding hydrogens is 196 g/mol. The Morgan fingerprint density at radius 2 is 1.56 bits per heavy atom. The first kappa shape index (κ1) is 7.37. The Morgan fingerprint density at radius 1 is 0.938 bits per heavy atom. The molecule has 1 aromatic rings. The Hall–Kier alpha value is -0.980. The Labute approximate surface area is 107 Å². The van der Waals surface area contributed by atoms with E-state index in [1.807, 2.05) is 0 Å². The van der Waals surface area contributed by atoms with E-state index in [9.17, 15) is 0 Å². The third-order valence-electron chi connectivity index (χ3n) is 2.47. The van der Waals surface area contributed by atoms with Gasteiger partial charge in [0.15, 0.2) is 0 Å². The minimum Gasteiger partial charge on any atom is -0.494 e. The summed E-state index contributed by atoms with van der Waals surface area (Å²) in [6.07, 6.45) is 8.04. The lowest BCUT2D eigenvalue weighted by Crippen LogP contribution is -1.96. The average Bonchev–Trinajstić information content (AvgIpc) is 2.49. The zero-order valence-corrected chi connectivity index (χ0v) is 10.1. The molecule has 90 valence electrons. The molecule has 0 atom stereocenters. The summed E-state index contributed by atoms with van der Waals surface area (Å²) < 4.78 is 43.5. The first-order chi connectivity index (χ1) is 10.0. The normalized spacial score (nSPS) is 14.7. The topological polar surface area (TPSA) is 9.23 Å². The fourth-order valence-corrected chi connectivity index (χ4v) is 1.54. The van der Waals surface area contributed by atoms with Gasteiger partial charge < -0.3 is 4.74 Å². The summed E-state index contributed by atoms with van der Waals surface area (Å²) in [6, 6.07) is -1.59. The number of hydrogen-bond acceptors (Lipinski definition) is 1. The fraction of sp³-hybridized carbons (Fsp3) is 0.600. The highest BCUT2D eigenvalue weighted by molar-refractivity contribution is 5.20. The van der Waals surface area contributed by atoms with E-state index in [0.29, 0.717) is 6.61 Å². The summed E-state index contributed by atoms with van der Waals surface area (Å²) in [5, 5.41) is 0. The van der Waals surface area contributed by atoms with E-state index < -0.39 is 0 Å². The third kappa shape index (κ3) is 6.49. The van der Waals surface area contributed by atoms with E-state index in [2.05, 4.69) is 6.92 Å². The minimum atomic E-state index is -0.381. The first-order valence-corrected chi connectivity index (χ1v) is 6.20. The molecule has 0 amide bonds. The van der Waals surface area contributed by atoms with Gasteiger partial charge in [-0.05, 0) is 18.5 Å². The molecule has 0 aliphatic rings. The van der Waals surface area contributed by atoms with Gasteiger partial charge in [0.2, 0.25) is 0 Å². The molecule has 0 saturated heterocycles. The minimum absolute atomic E-state index is 0.0352. The Bertz CT molecular complexity index is 433. The predicted octanol–water partition coefficient (Wildman–Crippen LogP) is 4.82. The van der Waals surface area contributed by atoms with Gasteiger partial charge in [-0.15, -0.1) is 0 Å². The highest BCUT2D eigenvalue weighted by Crippen LogP contribution is 2.10. The van der Waals surface area contributed by atoms with Crippen molar-refractivity contribution in [3.8, 4) is 5.75 Å². The van der Waals surface area contributed by atoms with Gasteiger partial charge in [-0.2, -0.15) is 0 Å². The van der Waals surface area contributed by atoms with Crippen LogP contribution in [0, 0.1) is 0 Å². The van der Waals surface area contributed by atoms with Crippen molar-refractivity contribution < 1.29 is 11.6 Å². The smallest absolute Gasteiger partial charge is 0.119 e. The van der Waals surface area contributed by atoms with E-state index in [4.69, 9.17) is 11.6 Å².